The van der Waals surface area contributed by atoms with E-state index in [1.54, 1.807) is 11.3 Å². The summed E-state index contributed by atoms with van der Waals surface area (Å²) in [7, 11) is 0. The van der Waals surface area contributed by atoms with Gasteiger partial charge in [0.1, 0.15) is 13.2 Å². The Hall–Kier alpha value is -2.60. The van der Waals surface area contributed by atoms with Gasteiger partial charge < -0.3 is 14.8 Å². The minimum absolute atomic E-state index is 0.0200. The molecule has 1 aliphatic heterocycles. The van der Waals surface area contributed by atoms with Crippen LogP contribution in [0, 0.1) is 0 Å². The highest BCUT2D eigenvalue weighted by Crippen LogP contribution is 2.32. The molecule has 2 aromatic carbocycles. The average molecular weight is 368 g/mol. The summed E-state index contributed by atoms with van der Waals surface area (Å²) in [6, 6.07) is 13.8. The number of hydrogen-bond acceptors (Lipinski definition) is 5. The number of benzene rings is 2. The molecule has 0 bridgehead atoms. The van der Waals surface area contributed by atoms with Gasteiger partial charge in [-0.3, -0.25) is 4.79 Å². The Labute approximate surface area is 156 Å². The number of aromatic nitrogens is 1. The molecule has 3 aromatic rings. The first kappa shape index (κ1) is 16.8. The molecule has 0 fully saturated rings. The van der Waals surface area contributed by atoms with Crippen molar-refractivity contribution in [2.75, 3.05) is 13.2 Å². The number of ether oxygens (including phenoxy) is 2. The normalized spacial score (nSPS) is 14.2. The van der Waals surface area contributed by atoms with Gasteiger partial charge in [-0.05, 0) is 36.8 Å². The molecule has 6 heteroatoms. The zero-order valence-corrected chi connectivity index (χ0v) is 15.3. The lowest BCUT2D eigenvalue weighted by Crippen LogP contribution is -2.27. The van der Waals surface area contributed by atoms with Crippen LogP contribution in [-0.2, 0) is 11.2 Å². The third-order valence-corrected chi connectivity index (χ3v) is 5.44. The fourth-order valence-corrected chi connectivity index (χ4v) is 3.94. The summed E-state index contributed by atoms with van der Waals surface area (Å²) >= 11 is 1.65. The number of hydrogen-bond donors (Lipinski definition) is 1. The van der Waals surface area contributed by atoms with Gasteiger partial charge in [-0.25, -0.2) is 4.98 Å². The second kappa shape index (κ2) is 7.33. The van der Waals surface area contributed by atoms with Crippen molar-refractivity contribution >= 4 is 27.5 Å². The van der Waals surface area contributed by atoms with E-state index in [0.717, 1.165) is 32.3 Å². The fourth-order valence-electron chi connectivity index (χ4n) is 2.97. The Morgan fingerprint density at radius 2 is 2.00 bits per heavy atom. The standard InChI is InChI=1S/C20H20N2O3S/c1-13(14-6-7-16-17(12-14)25-11-10-24-16)21-19(23)8-9-20-22-15-4-2-3-5-18(15)26-20/h2-7,12-13H,8-11H2,1H3,(H,21,23). The molecule has 0 aliphatic carbocycles. The highest BCUT2D eigenvalue weighted by atomic mass is 32.1. The Balaban J connectivity index is 1.35. The minimum atomic E-state index is -0.0892. The monoisotopic (exact) mass is 368 g/mol. The Kier molecular flexibility index (Phi) is 4.75. The van der Waals surface area contributed by atoms with E-state index in [1.165, 1.54) is 0 Å². The maximum atomic E-state index is 12.3. The van der Waals surface area contributed by atoms with Gasteiger partial charge in [0.2, 0.25) is 5.91 Å². The van der Waals surface area contributed by atoms with Crippen LogP contribution >= 0.6 is 11.3 Å². The molecular weight excluding hydrogens is 348 g/mol. The lowest BCUT2D eigenvalue weighted by Gasteiger charge is -2.21. The highest BCUT2D eigenvalue weighted by molar-refractivity contribution is 7.18. The number of carbonyl (C=O) groups is 1. The molecule has 5 nitrogen and oxygen atoms in total. The van der Waals surface area contributed by atoms with Crippen molar-refractivity contribution in [3.63, 3.8) is 0 Å². The summed E-state index contributed by atoms with van der Waals surface area (Å²) in [5.74, 6) is 1.52. The number of carbonyl (C=O) groups excluding carboxylic acids is 1. The predicted molar refractivity (Wildman–Crippen MR) is 102 cm³/mol. The molecule has 0 saturated carbocycles. The molecule has 4 rings (SSSR count). The van der Waals surface area contributed by atoms with Crippen LogP contribution in [0.2, 0.25) is 0 Å². The van der Waals surface area contributed by atoms with Gasteiger partial charge in [-0.15, -0.1) is 11.3 Å². The third-order valence-electron chi connectivity index (χ3n) is 4.35. The molecule has 2 heterocycles. The Morgan fingerprint density at radius 3 is 2.85 bits per heavy atom. The summed E-state index contributed by atoms with van der Waals surface area (Å²) in [4.78, 5) is 16.9. The highest BCUT2D eigenvalue weighted by Gasteiger charge is 2.16. The number of aryl methyl sites for hydroxylation is 1. The van der Waals surface area contributed by atoms with Gasteiger partial charge in [0.05, 0.1) is 21.3 Å². The van der Waals surface area contributed by atoms with Crippen molar-refractivity contribution in [3.8, 4) is 11.5 Å². The molecule has 1 unspecified atom stereocenters. The molecule has 134 valence electrons. The van der Waals surface area contributed by atoms with Crippen molar-refractivity contribution in [1.82, 2.24) is 10.3 Å². The molecule has 1 atom stereocenters. The molecule has 0 saturated heterocycles. The maximum absolute atomic E-state index is 12.3. The van der Waals surface area contributed by atoms with Gasteiger partial charge in [-0.1, -0.05) is 18.2 Å². The summed E-state index contributed by atoms with van der Waals surface area (Å²) in [5, 5.41) is 4.04. The van der Waals surface area contributed by atoms with Gasteiger partial charge in [0.15, 0.2) is 11.5 Å². The Morgan fingerprint density at radius 1 is 1.19 bits per heavy atom. The zero-order chi connectivity index (χ0) is 17.9. The van der Waals surface area contributed by atoms with E-state index in [2.05, 4.69) is 16.4 Å². The van der Waals surface area contributed by atoms with E-state index in [4.69, 9.17) is 9.47 Å². The topological polar surface area (TPSA) is 60.5 Å². The number of amides is 1. The number of rotatable bonds is 5. The molecule has 1 amide bonds. The van der Waals surface area contributed by atoms with Crippen LogP contribution in [0.15, 0.2) is 42.5 Å². The van der Waals surface area contributed by atoms with Crippen LogP contribution in [0.4, 0.5) is 0 Å². The number of nitrogens with zero attached hydrogens (tertiary/aromatic N) is 1. The van der Waals surface area contributed by atoms with Gasteiger partial charge in [-0.2, -0.15) is 0 Å². The van der Waals surface area contributed by atoms with Crippen LogP contribution in [0.3, 0.4) is 0 Å². The van der Waals surface area contributed by atoms with E-state index >= 15 is 0 Å². The first-order valence-corrected chi connectivity index (χ1v) is 9.54. The second-order valence-corrected chi connectivity index (χ2v) is 7.38. The number of para-hydroxylation sites is 1. The quantitative estimate of drug-likeness (QED) is 0.742. The van der Waals surface area contributed by atoms with Crippen LogP contribution in [-0.4, -0.2) is 24.1 Å². The van der Waals surface area contributed by atoms with Gasteiger partial charge >= 0.3 is 0 Å². The van der Waals surface area contributed by atoms with Crippen molar-refractivity contribution in [2.24, 2.45) is 0 Å². The van der Waals surface area contributed by atoms with E-state index in [9.17, 15) is 4.79 Å². The van der Waals surface area contributed by atoms with E-state index < -0.39 is 0 Å². The van der Waals surface area contributed by atoms with Crippen LogP contribution in [0.25, 0.3) is 10.2 Å². The summed E-state index contributed by atoms with van der Waals surface area (Å²) in [6.45, 7) is 3.10. The molecular formula is C20H20N2O3S. The second-order valence-electron chi connectivity index (χ2n) is 6.27. The Bertz CT molecular complexity index is 905. The summed E-state index contributed by atoms with van der Waals surface area (Å²) in [6.07, 6.45) is 1.08. The van der Waals surface area contributed by atoms with Crippen molar-refractivity contribution in [2.45, 2.75) is 25.8 Å². The molecule has 1 aliphatic rings. The van der Waals surface area contributed by atoms with E-state index in [0.29, 0.717) is 26.1 Å². The first-order chi connectivity index (χ1) is 12.7. The van der Waals surface area contributed by atoms with Crippen molar-refractivity contribution < 1.29 is 14.3 Å². The molecule has 0 radical (unpaired) electrons. The third kappa shape index (κ3) is 3.65. The molecule has 1 N–H and O–H groups in total. The molecule has 1 aromatic heterocycles. The fraction of sp³-hybridized carbons (Fsp3) is 0.300. The minimum Gasteiger partial charge on any atom is -0.486 e. The predicted octanol–water partition coefficient (Wildman–Crippen LogP) is 3.88. The van der Waals surface area contributed by atoms with E-state index in [1.807, 2.05) is 43.3 Å². The summed E-state index contributed by atoms with van der Waals surface area (Å²) in [5.41, 5.74) is 2.00. The van der Waals surface area contributed by atoms with Crippen LogP contribution < -0.4 is 14.8 Å². The zero-order valence-electron chi connectivity index (χ0n) is 14.5. The smallest absolute Gasteiger partial charge is 0.220 e. The maximum Gasteiger partial charge on any atom is 0.220 e. The summed E-state index contributed by atoms with van der Waals surface area (Å²) < 4.78 is 12.3. The van der Waals surface area contributed by atoms with Crippen molar-refractivity contribution in [1.29, 1.82) is 0 Å². The molecule has 0 spiro atoms. The number of nitrogens with one attached hydrogen (secondary N) is 1. The van der Waals surface area contributed by atoms with Gasteiger partial charge in [0.25, 0.3) is 0 Å². The SMILES string of the molecule is CC(NC(=O)CCc1nc2ccccc2s1)c1ccc2c(c1)OCCO2. The first-order valence-electron chi connectivity index (χ1n) is 8.72. The van der Waals surface area contributed by atoms with E-state index in [-0.39, 0.29) is 11.9 Å². The van der Waals surface area contributed by atoms with Crippen molar-refractivity contribution in [3.05, 3.63) is 53.0 Å². The van der Waals surface area contributed by atoms with Crippen LogP contribution in [0.5, 0.6) is 11.5 Å². The number of thiazole rings is 1. The largest absolute Gasteiger partial charge is 0.486 e. The van der Waals surface area contributed by atoms with Crippen LogP contribution in [0.1, 0.15) is 30.0 Å². The lowest BCUT2D eigenvalue weighted by molar-refractivity contribution is -0.121. The lowest BCUT2D eigenvalue weighted by atomic mass is 10.1. The average Bonchev–Trinajstić information content (AvgIpc) is 3.09. The van der Waals surface area contributed by atoms with Gasteiger partial charge in [0, 0.05) is 12.8 Å². The number of fused-ring (bicyclic) bond motifs is 2. The molecule has 26 heavy (non-hydrogen) atoms.